The summed E-state index contributed by atoms with van der Waals surface area (Å²) in [5, 5.41) is 0. The summed E-state index contributed by atoms with van der Waals surface area (Å²) >= 11 is 0. The lowest BCUT2D eigenvalue weighted by atomic mass is 10.1. The molecule has 0 radical (unpaired) electrons. The van der Waals surface area contributed by atoms with E-state index in [0.717, 1.165) is 11.1 Å². The van der Waals surface area contributed by atoms with Gasteiger partial charge in [0, 0.05) is 12.7 Å². The second-order valence-electron chi connectivity index (χ2n) is 3.18. The van der Waals surface area contributed by atoms with E-state index in [0.29, 0.717) is 19.0 Å². The topological polar surface area (TPSA) is 59.6 Å². The molecule has 0 atom stereocenters. The molecule has 0 fully saturated rings. The van der Waals surface area contributed by atoms with Gasteiger partial charge in [0.25, 0.3) is 0 Å². The summed E-state index contributed by atoms with van der Waals surface area (Å²) in [5.41, 5.74) is 4.78. The second-order valence-corrected chi connectivity index (χ2v) is 3.18. The number of nitrogens with one attached hydrogen (secondary N) is 1. The summed E-state index contributed by atoms with van der Waals surface area (Å²) in [7, 11) is 1.65. The van der Waals surface area contributed by atoms with Gasteiger partial charge in [-0.05, 0) is 12.5 Å². The number of hydrogen-bond donors (Lipinski definition) is 2. The molecule has 4 nitrogen and oxygen atoms in total. The average molecular weight is 207 g/mol. The lowest BCUT2D eigenvalue weighted by Crippen LogP contribution is -2.32. The van der Waals surface area contributed by atoms with Gasteiger partial charge in [0.2, 0.25) is 0 Å². The van der Waals surface area contributed by atoms with Crippen molar-refractivity contribution in [3.8, 4) is 0 Å². The number of ether oxygens (including phenoxy) is 1. The van der Waals surface area contributed by atoms with Crippen LogP contribution in [0.3, 0.4) is 0 Å². The molecule has 0 saturated carbocycles. The van der Waals surface area contributed by atoms with Crippen LogP contribution in [0.5, 0.6) is 0 Å². The number of nitrogens with zero attached hydrogens (tertiary/aromatic N) is 1. The Morgan fingerprint density at radius 3 is 2.80 bits per heavy atom. The molecule has 0 aliphatic rings. The Labute approximate surface area is 90.1 Å². The fourth-order valence-corrected chi connectivity index (χ4v) is 1.30. The number of aliphatic imine (C=N–C) groups is 1. The highest BCUT2D eigenvalue weighted by Crippen LogP contribution is 2.06. The van der Waals surface area contributed by atoms with E-state index in [4.69, 9.17) is 10.6 Å². The first kappa shape index (κ1) is 11.7. The third-order valence-electron chi connectivity index (χ3n) is 2.10. The van der Waals surface area contributed by atoms with E-state index in [1.165, 1.54) is 0 Å². The van der Waals surface area contributed by atoms with Gasteiger partial charge in [0.05, 0.1) is 13.2 Å². The van der Waals surface area contributed by atoms with Crippen LogP contribution in [0, 0.1) is 6.92 Å². The Balaban J connectivity index is 2.83. The Hall–Kier alpha value is -1.39. The van der Waals surface area contributed by atoms with E-state index in [9.17, 15) is 0 Å². The highest BCUT2D eigenvalue weighted by molar-refractivity contribution is 5.99. The van der Waals surface area contributed by atoms with Crippen LogP contribution in [-0.4, -0.2) is 26.1 Å². The summed E-state index contributed by atoms with van der Waals surface area (Å²) in [6, 6.07) is 7.97. The van der Waals surface area contributed by atoms with Crippen LogP contribution >= 0.6 is 0 Å². The van der Waals surface area contributed by atoms with E-state index in [-0.39, 0.29) is 0 Å². The van der Waals surface area contributed by atoms with Crippen molar-refractivity contribution in [2.24, 2.45) is 10.8 Å². The summed E-state index contributed by atoms with van der Waals surface area (Å²) in [6.07, 6.45) is 0. The maximum Gasteiger partial charge on any atom is 0.142 e. The number of hydrazine groups is 1. The fraction of sp³-hybridized carbons (Fsp3) is 0.364. The van der Waals surface area contributed by atoms with Crippen LogP contribution in [-0.2, 0) is 4.74 Å². The van der Waals surface area contributed by atoms with Crippen molar-refractivity contribution in [1.82, 2.24) is 5.43 Å². The van der Waals surface area contributed by atoms with Gasteiger partial charge in [0.1, 0.15) is 5.84 Å². The predicted molar refractivity (Wildman–Crippen MR) is 61.8 cm³/mol. The number of aryl methyl sites for hydroxylation is 1. The van der Waals surface area contributed by atoms with Crippen LogP contribution in [0.4, 0.5) is 0 Å². The molecule has 0 heterocycles. The van der Waals surface area contributed by atoms with Crippen molar-refractivity contribution < 1.29 is 4.74 Å². The summed E-state index contributed by atoms with van der Waals surface area (Å²) in [6.45, 7) is 3.22. The average Bonchev–Trinajstić information content (AvgIpc) is 2.26. The standard InChI is InChI=1S/C11H17N3O/c1-9-5-3-4-6-10(9)11(14-12)13-7-8-15-2/h3-6H,7-8,12H2,1-2H3,(H,13,14). The quantitative estimate of drug-likeness (QED) is 0.253. The van der Waals surface area contributed by atoms with Crippen LogP contribution in [0.25, 0.3) is 0 Å². The summed E-state index contributed by atoms with van der Waals surface area (Å²) < 4.78 is 4.93. The Bertz CT molecular complexity index is 336. The largest absolute Gasteiger partial charge is 0.383 e. The zero-order valence-electron chi connectivity index (χ0n) is 9.16. The normalized spacial score (nSPS) is 11.5. The van der Waals surface area contributed by atoms with Gasteiger partial charge in [-0.2, -0.15) is 0 Å². The Morgan fingerprint density at radius 1 is 1.47 bits per heavy atom. The molecule has 82 valence electrons. The molecule has 0 aliphatic heterocycles. The lowest BCUT2D eigenvalue weighted by Gasteiger charge is -2.08. The zero-order valence-corrected chi connectivity index (χ0v) is 9.16. The van der Waals surface area contributed by atoms with Crippen LogP contribution < -0.4 is 11.3 Å². The molecule has 15 heavy (non-hydrogen) atoms. The van der Waals surface area contributed by atoms with Gasteiger partial charge in [-0.3, -0.25) is 4.99 Å². The maximum atomic E-state index is 5.43. The minimum atomic E-state index is 0.594. The maximum absolute atomic E-state index is 5.43. The molecule has 3 N–H and O–H groups in total. The van der Waals surface area contributed by atoms with Crippen molar-refractivity contribution in [2.45, 2.75) is 6.92 Å². The first-order valence-corrected chi connectivity index (χ1v) is 4.85. The van der Waals surface area contributed by atoms with Gasteiger partial charge >= 0.3 is 0 Å². The van der Waals surface area contributed by atoms with Crippen LogP contribution in [0.15, 0.2) is 29.3 Å². The molecule has 0 unspecified atom stereocenters. The molecular formula is C11H17N3O. The summed E-state index contributed by atoms with van der Waals surface area (Å²) in [4.78, 5) is 4.32. The van der Waals surface area contributed by atoms with E-state index < -0.39 is 0 Å². The SMILES string of the molecule is COCCN=C(NN)c1ccccc1C. The number of rotatable bonds is 4. The van der Waals surface area contributed by atoms with Gasteiger partial charge < -0.3 is 10.2 Å². The molecule has 0 aliphatic carbocycles. The molecule has 1 aromatic rings. The van der Waals surface area contributed by atoms with Crippen molar-refractivity contribution >= 4 is 5.84 Å². The van der Waals surface area contributed by atoms with Crippen LogP contribution in [0.1, 0.15) is 11.1 Å². The van der Waals surface area contributed by atoms with Crippen molar-refractivity contribution in [3.63, 3.8) is 0 Å². The minimum absolute atomic E-state index is 0.594. The zero-order chi connectivity index (χ0) is 11.1. The van der Waals surface area contributed by atoms with Gasteiger partial charge in [-0.25, -0.2) is 5.84 Å². The molecule has 1 aromatic carbocycles. The molecule has 0 amide bonds. The monoisotopic (exact) mass is 207 g/mol. The lowest BCUT2D eigenvalue weighted by molar-refractivity contribution is 0.208. The molecule has 4 heteroatoms. The first-order chi connectivity index (χ1) is 7.29. The Morgan fingerprint density at radius 2 is 2.20 bits per heavy atom. The highest BCUT2D eigenvalue weighted by atomic mass is 16.5. The third kappa shape index (κ3) is 3.34. The van der Waals surface area contributed by atoms with Gasteiger partial charge in [-0.15, -0.1) is 0 Å². The fourth-order valence-electron chi connectivity index (χ4n) is 1.30. The first-order valence-electron chi connectivity index (χ1n) is 4.85. The predicted octanol–water partition coefficient (Wildman–Crippen LogP) is 0.851. The minimum Gasteiger partial charge on any atom is -0.383 e. The van der Waals surface area contributed by atoms with E-state index in [1.807, 2.05) is 31.2 Å². The molecule has 0 aromatic heterocycles. The molecule has 0 bridgehead atoms. The smallest absolute Gasteiger partial charge is 0.142 e. The number of hydrogen-bond acceptors (Lipinski definition) is 3. The molecular weight excluding hydrogens is 190 g/mol. The van der Waals surface area contributed by atoms with Gasteiger partial charge in [0.15, 0.2) is 0 Å². The van der Waals surface area contributed by atoms with E-state index in [1.54, 1.807) is 7.11 Å². The van der Waals surface area contributed by atoms with Crippen molar-refractivity contribution in [2.75, 3.05) is 20.3 Å². The molecule has 0 saturated heterocycles. The van der Waals surface area contributed by atoms with Gasteiger partial charge in [-0.1, -0.05) is 24.3 Å². The number of benzene rings is 1. The molecule has 0 spiro atoms. The summed E-state index contributed by atoms with van der Waals surface area (Å²) in [5.74, 6) is 6.13. The van der Waals surface area contributed by atoms with Crippen molar-refractivity contribution in [1.29, 1.82) is 0 Å². The Kier molecular flexibility index (Phi) is 4.80. The second kappa shape index (κ2) is 6.16. The number of methoxy groups -OCH3 is 1. The van der Waals surface area contributed by atoms with E-state index >= 15 is 0 Å². The van der Waals surface area contributed by atoms with Crippen molar-refractivity contribution in [3.05, 3.63) is 35.4 Å². The number of amidine groups is 1. The molecule has 1 rings (SSSR count). The van der Waals surface area contributed by atoms with Crippen LogP contribution in [0.2, 0.25) is 0 Å². The number of nitrogens with two attached hydrogens (primary N) is 1. The highest BCUT2D eigenvalue weighted by Gasteiger charge is 2.03. The van der Waals surface area contributed by atoms with E-state index in [2.05, 4.69) is 10.4 Å². The third-order valence-corrected chi connectivity index (χ3v) is 2.10.